The fourth-order valence-corrected chi connectivity index (χ4v) is 4.60. The molecule has 24 heavy (non-hydrogen) atoms. The predicted octanol–water partition coefficient (Wildman–Crippen LogP) is 3.22. The van der Waals surface area contributed by atoms with E-state index < -0.39 is 0 Å². The number of likely N-dealkylation sites (tertiary alicyclic amines) is 1. The Morgan fingerprint density at radius 3 is 3.04 bits per heavy atom. The molecule has 0 radical (unpaired) electrons. The lowest BCUT2D eigenvalue weighted by Crippen LogP contribution is -2.31. The van der Waals surface area contributed by atoms with Crippen LogP contribution in [0.3, 0.4) is 0 Å². The summed E-state index contributed by atoms with van der Waals surface area (Å²) in [7, 11) is 0. The molecule has 0 saturated carbocycles. The van der Waals surface area contributed by atoms with Crippen LogP contribution in [0.5, 0.6) is 5.75 Å². The topological polar surface area (TPSA) is 55.6 Å². The summed E-state index contributed by atoms with van der Waals surface area (Å²) in [6, 6.07) is 8.60. The van der Waals surface area contributed by atoms with Crippen LogP contribution in [0.15, 0.2) is 24.3 Å². The molecule has 0 unspecified atom stereocenters. The summed E-state index contributed by atoms with van der Waals surface area (Å²) in [6.45, 7) is 4.26. The SMILES string of the molecule is Cc1cc(-c2ccc3c(c2)CCCO3)sc1C(=O)N1CC[C@H](N)C1. The summed E-state index contributed by atoms with van der Waals surface area (Å²) >= 11 is 1.59. The number of aryl methyl sites for hydroxylation is 2. The summed E-state index contributed by atoms with van der Waals surface area (Å²) in [5.41, 5.74) is 9.43. The maximum absolute atomic E-state index is 12.8. The molecule has 126 valence electrons. The number of hydrogen-bond acceptors (Lipinski definition) is 4. The maximum Gasteiger partial charge on any atom is 0.264 e. The van der Waals surface area contributed by atoms with Crippen molar-refractivity contribution < 1.29 is 9.53 Å². The Hall–Kier alpha value is -1.85. The number of amides is 1. The van der Waals surface area contributed by atoms with Gasteiger partial charge in [-0.25, -0.2) is 0 Å². The number of benzene rings is 1. The quantitative estimate of drug-likeness (QED) is 0.912. The van der Waals surface area contributed by atoms with Crippen LogP contribution in [0.2, 0.25) is 0 Å². The molecular formula is C19H22N2O2S. The normalized spacial score (nSPS) is 19.9. The molecule has 1 saturated heterocycles. The van der Waals surface area contributed by atoms with Crippen LogP contribution in [0.25, 0.3) is 10.4 Å². The van der Waals surface area contributed by atoms with E-state index in [9.17, 15) is 4.79 Å². The smallest absolute Gasteiger partial charge is 0.264 e. The Morgan fingerprint density at radius 1 is 1.38 bits per heavy atom. The summed E-state index contributed by atoms with van der Waals surface area (Å²) in [6.07, 6.45) is 3.03. The molecule has 1 atom stereocenters. The van der Waals surface area contributed by atoms with Crippen LogP contribution in [-0.2, 0) is 6.42 Å². The molecule has 2 N–H and O–H groups in total. The van der Waals surface area contributed by atoms with Crippen LogP contribution >= 0.6 is 11.3 Å². The summed E-state index contributed by atoms with van der Waals surface area (Å²) in [4.78, 5) is 16.6. The van der Waals surface area contributed by atoms with Crippen molar-refractivity contribution in [3.8, 4) is 16.2 Å². The van der Waals surface area contributed by atoms with Gasteiger partial charge in [-0.1, -0.05) is 0 Å². The van der Waals surface area contributed by atoms with E-state index in [1.165, 1.54) is 11.1 Å². The molecule has 0 bridgehead atoms. The van der Waals surface area contributed by atoms with Crippen molar-refractivity contribution in [2.75, 3.05) is 19.7 Å². The van der Waals surface area contributed by atoms with Crippen molar-refractivity contribution in [2.45, 2.75) is 32.2 Å². The molecule has 2 aliphatic rings. The molecule has 1 aromatic heterocycles. The highest BCUT2D eigenvalue weighted by Gasteiger charge is 2.27. The predicted molar refractivity (Wildman–Crippen MR) is 96.8 cm³/mol. The number of nitrogens with zero attached hydrogens (tertiary/aromatic N) is 1. The lowest BCUT2D eigenvalue weighted by atomic mass is 10.0. The van der Waals surface area contributed by atoms with Crippen molar-refractivity contribution in [3.63, 3.8) is 0 Å². The second-order valence-electron chi connectivity index (χ2n) is 6.70. The number of nitrogens with two attached hydrogens (primary N) is 1. The maximum atomic E-state index is 12.8. The van der Waals surface area contributed by atoms with Gasteiger partial charge >= 0.3 is 0 Å². The van der Waals surface area contributed by atoms with E-state index in [-0.39, 0.29) is 11.9 Å². The molecule has 2 aliphatic heterocycles. The van der Waals surface area contributed by atoms with E-state index in [1.807, 2.05) is 11.8 Å². The van der Waals surface area contributed by atoms with Gasteiger partial charge in [0.1, 0.15) is 5.75 Å². The molecule has 1 amide bonds. The minimum atomic E-state index is 0.120. The molecule has 3 heterocycles. The minimum absolute atomic E-state index is 0.120. The Labute approximate surface area is 146 Å². The van der Waals surface area contributed by atoms with Gasteiger partial charge in [-0.15, -0.1) is 11.3 Å². The number of carbonyl (C=O) groups is 1. The van der Waals surface area contributed by atoms with Crippen molar-refractivity contribution in [1.29, 1.82) is 0 Å². The Bertz CT molecular complexity index is 784. The molecule has 0 aliphatic carbocycles. The largest absolute Gasteiger partial charge is 0.493 e. The Balaban J connectivity index is 1.62. The lowest BCUT2D eigenvalue weighted by Gasteiger charge is -2.17. The number of rotatable bonds is 2. The van der Waals surface area contributed by atoms with Crippen molar-refractivity contribution in [1.82, 2.24) is 4.90 Å². The van der Waals surface area contributed by atoms with Gasteiger partial charge in [0.25, 0.3) is 5.91 Å². The highest BCUT2D eigenvalue weighted by molar-refractivity contribution is 7.17. The minimum Gasteiger partial charge on any atom is -0.493 e. The van der Waals surface area contributed by atoms with Crippen LogP contribution in [-0.4, -0.2) is 36.5 Å². The number of hydrogen-bond donors (Lipinski definition) is 1. The van der Waals surface area contributed by atoms with Crippen molar-refractivity contribution in [2.24, 2.45) is 5.73 Å². The van der Waals surface area contributed by atoms with Crippen LogP contribution in [0, 0.1) is 6.92 Å². The van der Waals surface area contributed by atoms with Gasteiger partial charge in [0.15, 0.2) is 0 Å². The monoisotopic (exact) mass is 342 g/mol. The first-order chi connectivity index (χ1) is 11.6. The summed E-state index contributed by atoms with van der Waals surface area (Å²) < 4.78 is 5.69. The first-order valence-corrected chi connectivity index (χ1v) is 9.35. The van der Waals surface area contributed by atoms with Gasteiger partial charge in [0.2, 0.25) is 0 Å². The highest BCUT2D eigenvalue weighted by Crippen LogP contribution is 2.36. The molecule has 1 aromatic carbocycles. The third-order valence-corrected chi connectivity index (χ3v) is 6.09. The summed E-state index contributed by atoms with van der Waals surface area (Å²) in [5, 5.41) is 0. The van der Waals surface area contributed by atoms with Crippen LogP contribution in [0.4, 0.5) is 0 Å². The fraction of sp³-hybridized carbons (Fsp3) is 0.421. The number of fused-ring (bicyclic) bond motifs is 1. The van der Waals surface area contributed by atoms with Crippen molar-refractivity contribution in [3.05, 3.63) is 40.3 Å². The number of thiophene rings is 1. The average molecular weight is 342 g/mol. The lowest BCUT2D eigenvalue weighted by molar-refractivity contribution is 0.0795. The van der Waals surface area contributed by atoms with E-state index in [0.29, 0.717) is 6.54 Å². The zero-order chi connectivity index (χ0) is 16.7. The zero-order valence-corrected chi connectivity index (χ0v) is 14.7. The van der Waals surface area contributed by atoms with Gasteiger partial charge in [0.05, 0.1) is 11.5 Å². The van der Waals surface area contributed by atoms with Gasteiger partial charge in [-0.2, -0.15) is 0 Å². The average Bonchev–Trinajstić information content (AvgIpc) is 3.20. The van der Waals surface area contributed by atoms with E-state index in [4.69, 9.17) is 10.5 Å². The molecule has 0 spiro atoms. The molecule has 4 nitrogen and oxygen atoms in total. The van der Waals surface area contributed by atoms with E-state index in [1.54, 1.807) is 11.3 Å². The second kappa shape index (κ2) is 6.22. The van der Waals surface area contributed by atoms with E-state index in [2.05, 4.69) is 24.3 Å². The Morgan fingerprint density at radius 2 is 2.25 bits per heavy atom. The molecule has 4 rings (SSSR count). The van der Waals surface area contributed by atoms with Crippen LogP contribution in [0.1, 0.15) is 33.6 Å². The second-order valence-corrected chi connectivity index (χ2v) is 7.75. The molecule has 1 fully saturated rings. The Kier molecular flexibility index (Phi) is 4.06. The van der Waals surface area contributed by atoms with E-state index in [0.717, 1.165) is 53.5 Å². The first-order valence-electron chi connectivity index (χ1n) is 8.53. The first kappa shape index (κ1) is 15.7. The fourth-order valence-electron chi connectivity index (χ4n) is 3.47. The third kappa shape index (κ3) is 2.82. The summed E-state index contributed by atoms with van der Waals surface area (Å²) in [5.74, 6) is 1.12. The van der Waals surface area contributed by atoms with E-state index >= 15 is 0 Å². The van der Waals surface area contributed by atoms with Gasteiger partial charge < -0.3 is 15.4 Å². The van der Waals surface area contributed by atoms with Gasteiger partial charge in [-0.3, -0.25) is 4.79 Å². The van der Waals surface area contributed by atoms with Crippen LogP contribution < -0.4 is 10.5 Å². The van der Waals surface area contributed by atoms with Gasteiger partial charge in [0, 0.05) is 24.0 Å². The van der Waals surface area contributed by atoms with Crippen molar-refractivity contribution >= 4 is 17.2 Å². The standard InChI is InChI=1S/C19H22N2O2S/c1-12-9-17(14-4-5-16-13(10-14)3-2-8-23-16)24-18(12)19(22)21-7-6-15(20)11-21/h4-5,9-10,15H,2-3,6-8,11,20H2,1H3/t15-/m0/s1. The van der Waals surface area contributed by atoms with Gasteiger partial charge in [-0.05, 0) is 67.1 Å². The third-order valence-electron chi connectivity index (χ3n) is 4.82. The number of carbonyl (C=O) groups excluding carboxylic acids is 1. The number of ether oxygens (including phenoxy) is 1. The molecular weight excluding hydrogens is 320 g/mol. The zero-order valence-electron chi connectivity index (χ0n) is 13.9. The molecule has 2 aromatic rings. The molecule has 5 heteroatoms. The highest BCUT2D eigenvalue weighted by atomic mass is 32.1.